The number of methoxy groups -OCH3 is 1. The summed E-state index contributed by atoms with van der Waals surface area (Å²) in [6.07, 6.45) is 1.54. The van der Waals surface area contributed by atoms with Crippen LogP contribution < -0.4 is 14.2 Å². The summed E-state index contributed by atoms with van der Waals surface area (Å²) >= 11 is 0. The third-order valence-electron chi connectivity index (χ3n) is 4.73. The first-order valence-corrected chi connectivity index (χ1v) is 9.16. The molecule has 0 fully saturated rings. The van der Waals surface area contributed by atoms with E-state index in [0.29, 0.717) is 28.2 Å². The zero-order chi connectivity index (χ0) is 21.3. The van der Waals surface area contributed by atoms with Crippen molar-refractivity contribution in [2.75, 3.05) is 7.11 Å². The standard InChI is InChI=1S/C24H17FO5/c1-14-19(30-24(27)17-5-3-4-6-20(17)28-2)12-11-18-22(26)21(29-23(14)18)13-15-7-9-16(25)10-8-15/h3-13H,1-2H3/b21-13-. The third kappa shape index (κ3) is 3.55. The Balaban J connectivity index is 1.62. The molecular formula is C24H17FO5. The zero-order valence-electron chi connectivity index (χ0n) is 16.3. The highest BCUT2D eigenvalue weighted by molar-refractivity contribution is 6.15. The van der Waals surface area contributed by atoms with Crippen molar-refractivity contribution >= 4 is 17.8 Å². The van der Waals surface area contributed by atoms with Gasteiger partial charge in [-0.1, -0.05) is 24.3 Å². The number of hydrogen-bond donors (Lipinski definition) is 0. The monoisotopic (exact) mass is 404 g/mol. The summed E-state index contributed by atoms with van der Waals surface area (Å²) in [4.78, 5) is 25.3. The number of Topliss-reactive ketones (excluding diaryl/α,β-unsaturated/α-hetero) is 1. The van der Waals surface area contributed by atoms with Crippen LogP contribution in [-0.4, -0.2) is 18.9 Å². The molecule has 0 spiro atoms. The molecule has 1 aliphatic rings. The quantitative estimate of drug-likeness (QED) is 0.349. The van der Waals surface area contributed by atoms with E-state index in [1.165, 1.54) is 19.2 Å². The Hall–Kier alpha value is -3.93. The van der Waals surface area contributed by atoms with Gasteiger partial charge in [0.25, 0.3) is 0 Å². The van der Waals surface area contributed by atoms with Gasteiger partial charge in [0, 0.05) is 5.56 Å². The number of fused-ring (bicyclic) bond motifs is 1. The smallest absolute Gasteiger partial charge is 0.347 e. The molecule has 30 heavy (non-hydrogen) atoms. The van der Waals surface area contributed by atoms with Gasteiger partial charge in [-0.15, -0.1) is 0 Å². The fourth-order valence-electron chi connectivity index (χ4n) is 3.16. The molecule has 150 valence electrons. The average molecular weight is 404 g/mol. The number of benzene rings is 3. The van der Waals surface area contributed by atoms with E-state index in [9.17, 15) is 14.0 Å². The Morgan fingerprint density at radius 1 is 1.00 bits per heavy atom. The van der Waals surface area contributed by atoms with Crippen molar-refractivity contribution in [2.45, 2.75) is 6.92 Å². The van der Waals surface area contributed by atoms with E-state index in [1.807, 2.05) is 0 Å². The van der Waals surface area contributed by atoms with Gasteiger partial charge in [0.15, 0.2) is 5.76 Å². The predicted molar refractivity (Wildman–Crippen MR) is 108 cm³/mol. The van der Waals surface area contributed by atoms with Crippen molar-refractivity contribution in [3.63, 3.8) is 0 Å². The number of carbonyl (C=O) groups is 2. The lowest BCUT2D eigenvalue weighted by atomic mass is 10.1. The second kappa shape index (κ2) is 7.83. The second-order valence-corrected chi connectivity index (χ2v) is 6.65. The molecule has 0 aromatic heterocycles. The van der Waals surface area contributed by atoms with Gasteiger partial charge in [-0.25, -0.2) is 9.18 Å². The fraction of sp³-hybridized carbons (Fsp3) is 0.0833. The molecule has 4 rings (SSSR count). The molecule has 0 N–H and O–H groups in total. The maximum absolute atomic E-state index is 13.1. The van der Waals surface area contributed by atoms with E-state index >= 15 is 0 Å². The fourth-order valence-corrected chi connectivity index (χ4v) is 3.16. The molecule has 0 unspecified atom stereocenters. The number of ether oxygens (including phenoxy) is 3. The van der Waals surface area contributed by atoms with E-state index in [2.05, 4.69) is 0 Å². The van der Waals surface area contributed by atoms with E-state index in [1.54, 1.807) is 61.5 Å². The minimum Gasteiger partial charge on any atom is -0.496 e. The number of para-hydroxylation sites is 1. The van der Waals surface area contributed by atoms with Crippen LogP contribution in [0.3, 0.4) is 0 Å². The molecule has 6 heteroatoms. The Morgan fingerprint density at radius 3 is 2.47 bits per heavy atom. The highest BCUT2D eigenvalue weighted by atomic mass is 19.1. The average Bonchev–Trinajstić information content (AvgIpc) is 3.07. The first-order valence-electron chi connectivity index (χ1n) is 9.16. The Labute approximate surface area is 172 Å². The highest BCUT2D eigenvalue weighted by Gasteiger charge is 2.30. The van der Waals surface area contributed by atoms with Gasteiger partial charge in [-0.2, -0.15) is 0 Å². The van der Waals surface area contributed by atoms with Crippen LogP contribution in [0.25, 0.3) is 6.08 Å². The number of hydrogen-bond acceptors (Lipinski definition) is 5. The minimum absolute atomic E-state index is 0.118. The summed E-state index contributed by atoms with van der Waals surface area (Å²) in [5, 5.41) is 0. The molecular weight excluding hydrogens is 387 g/mol. The van der Waals surface area contributed by atoms with E-state index in [-0.39, 0.29) is 28.7 Å². The second-order valence-electron chi connectivity index (χ2n) is 6.65. The van der Waals surface area contributed by atoms with Gasteiger partial charge in [0.05, 0.1) is 12.7 Å². The summed E-state index contributed by atoms with van der Waals surface area (Å²) in [5.41, 5.74) is 1.81. The summed E-state index contributed by atoms with van der Waals surface area (Å²) in [6, 6.07) is 15.6. The van der Waals surface area contributed by atoms with Gasteiger partial charge >= 0.3 is 5.97 Å². The molecule has 3 aromatic carbocycles. The van der Waals surface area contributed by atoms with Crippen LogP contribution in [-0.2, 0) is 0 Å². The van der Waals surface area contributed by atoms with Crippen LogP contribution in [0.2, 0.25) is 0 Å². The largest absolute Gasteiger partial charge is 0.496 e. The van der Waals surface area contributed by atoms with Crippen LogP contribution in [0.5, 0.6) is 17.2 Å². The molecule has 0 saturated heterocycles. The lowest BCUT2D eigenvalue weighted by molar-refractivity contribution is 0.0729. The van der Waals surface area contributed by atoms with Crippen molar-refractivity contribution < 1.29 is 28.2 Å². The lowest BCUT2D eigenvalue weighted by Crippen LogP contribution is -2.11. The molecule has 0 radical (unpaired) electrons. The Bertz CT molecular complexity index is 1180. The lowest BCUT2D eigenvalue weighted by Gasteiger charge is -2.11. The molecule has 0 bridgehead atoms. The molecule has 0 atom stereocenters. The highest BCUT2D eigenvalue weighted by Crippen LogP contribution is 2.39. The Morgan fingerprint density at radius 2 is 1.73 bits per heavy atom. The third-order valence-corrected chi connectivity index (χ3v) is 4.73. The van der Waals surface area contributed by atoms with Gasteiger partial charge < -0.3 is 14.2 Å². The van der Waals surface area contributed by atoms with Gasteiger partial charge in [-0.3, -0.25) is 4.79 Å². The van der Waals surface area contributed by atoms with Crippen LogP contribution in [0.4, 0.5) is 4.39 Å². The van der Waals surface area contributed by atoms with Crippen LogP contribution >= 0.6 is 0 Å². The van der Waals surface area contributed by atoms with Crippen molar-refractivity contribution in [3.8, 4) is 17.2 Å². The molecule has 3 aromatic rings. The van der Waals surface area contributed by atoms with Crippen LogP contribution in [0, 0.1) is 12.7 Å². The van der Waals surface area contributed by atoms with Crippen LogP contribution in [0.1, 0.15) is 31.8 Å². The summed E-state index contributed by atoms with van der Waals surface area (Å²) in [5.74, 6) is -0.109. The van der Waals surface area contributed by atoms with E-state index in [4.69, 9.17) is 14.2 Å². The van der Waals surface area contributed by atoms with Crippen LogP contribution in [0.15, 0.2) is 66.4 Å². The molecule has 1 heterocycles. The van der Waals surface area contributed by atoms with Gasteiger partial charge in [0.2, 0.25) is 5.78 Å². The normalized spacial score (nSPS) is 13.7. The summed E-state index contributed by atoms with van der Waals surface area (Å²) < 4.78 is 29.6. The van der Waals surface area contributed by atoms with E-state index < -0.39 is 5.97 Å². The SMILES string of the molecule is COc1ccccc1C(=O)Oc1ccc2c(c1C)O/C(=C\c1ccc(F)cc1)C2=O. The zero-order valence-corrected chi connectivity index (χ0v) is 16.3. The topological polar surface area (TPSA) is 61.8 Å². The number of ketones is 1. The predicted octanol–water partition coefficient (Wildman–Crippen LogP) is 4.98. The van der Waals surface area contributed by atoms with E-state index in [0.717, 1.165) is 0 Å². The number of esters is 1. The minimum atomic E-state index is -0.582. The summed E-state index contributed by atoms with van der Waals surface area (Å²) in [6.45, 7) is 1.71. The number of halogens is 1. The van der Waals surface area contributed by atoms with Crippen molar-refractivity contribution in [1.29, 1.82) is 0 Å². The first kappa shape index (κ1) is 19.4. The first-order chi connectivity index (χ1) is 14.5. The van der Waals surface area contributed by atoms with Crippen molar-refractivity contribution in [1.82, 2.24) is 0 Å². The maximum Gasteiger partial charge on any atom is 0.347 e. The summed E-state index contributed by atoms with van der Waals surface area (Å²) in [7, 11) is 1.47. The van der Waals surface area contributed by atoms with Crippen molar-refractivity contribution in [2.24, 2.45) is 0 Å². The van der Waals surface area contributed by atoms with Gasteiger partial charge in [-0.05, 0) is 55.0 Å². The maximum atomic E-state index is 13.1. The molecule has 0 amide bonds. The number of allylic oxidation sites excluding steroid dienone is 1. The number of rotatable bonds is 4. The molecule has 5 nitrogen and oxygen atoms in total. The van der Waals surface area contributed by atoms with Crippen molar-refractivity contribution in [3.05, 3.63) is 94.5 Å². The molecule has 0 aliphatic carbocycles. The number of carbonyl (C=O) groups excluding carboxylic acids is 2. The molecule has 1 aliphatic heterocycles. The molecule has 0 saturated carbocycles. The van der Waals surface area contributed by atoms with Gasteiger partial charge in [0.1, 0.15) is 28.6 Å². The Kier molecular flexibility index (Phi) is 5.06.